The molecule has 0 unspecified atom stereocenters. The summed E-state index contributed by atoms with van der Waals surface area (Å²) >= 11 is 3.30. The molecule has 1 N–H and O–H groups in total. The van der Waals surface area contributed by atoms with Crippen molar-refractivity contribution in [3.05, 3.63) is 53.0 Å². The number of anilines is 1. The molecular formula is C15H16BrNO4S. The van der Waals surface area contributed by atoms with Gasteiger partial charge in [-0.15, -0.1) is 0 Å². The molecule has 5 nitrogen and oxygen atoms in total. The Morgan fingerprint density at radius 3 is 2.18 bits per heavy atom. The summed E-state index contributed by atoms with van der Waals surface area (Å²) in [5, 5.41) is 0. The molecule has 0 saturated carbocycles. The minimum Gasteiger partial charge on any atom is -0.497 e. The average Bonchev–Trinajstić information content (AvgIpc) is 2.50. The van der Waals surface area contributed by atoms with Crippen LogP contribution in [0.2, 0.25) is 0 Å². The summed E-state index contributed by atoms with van der Waals surface area (Å²) in [4.78, 5) is 0. The minimum absolute atomic E-state index is 0.0676. The molecule has 0 aliphatic heterocycles. The number of hydrogen-bond donors (Lipinski definition) is 1. The fourth-order valence-electron chi connectivity index (χ4n) is 1.69. The lowest BCUT2D eigenvalue weighted by molar-refractivity contribution is 0.340. The number of sulfonamides is 1. The first-order chi connectivity index (χ1) is 10.5. The van der Waals surface area contributed by atoms with E-state index in [1.165, 1.54) is 0 Å². The maximum absolute atomic E-state index is 12.0. The maximum Gasteiger partial charge on any atom is 0.236 e. The Labute approximate surface area is 138 Å². The second-order valence-corrected chi connectivity index (χ2v) is 7.21. The lowest BCUT2D eigenvalue weighted by Crippen LogP contribution is -2.21. The molecule has 0 amide bonds. The number of ether oxygens (including phenoxy) is 2. The van der Waals surface area contributed by atoms with Gasteiger partial charge in [0.15, 0.2) is 0 Å². The Morgan fingerprint density at radius 1 is 1.00 bits per heavy atom. The van der Waals surface area contributed by atoms with E-state index in [1.54, 1.807) is 55.6 Å². The van der Waals surface area contributed by atoms with Gasteiger partial charge in [0.1, 0.15) is 23.9 Å². The Balaban J connectivity index is 1.85. The fourth-order valence-corrected chi connectivity index (χ4v) is 2.85. The standard InChI is InChI=1S/C15H16BrNO4S/c1-20-14-6-8-15(9-7-14)21-10-11-22(18,19)17-13-4-2-12(16)3-5-13/h2-9,17H,10-11H2,1H3. The molecule has 22 heavy (non-hydrogen) atoms. The van der Waals surface area contributed by atoms with E-state index < -0.39 is 10.0 Å². The van der Waals surface area contributed by atoms with Crippen molar-refractivity contribution >= 4 is 31.6 Å². The van der Waals surface area contributed by atoms with E-state index in [9.17, 15) is 8.42 Å². The molecule has 0 aromatic heterocycles. The summed E-state index contributed by atoms with van der Waals surface area (Å²) < 4.78 is 37.7. The molecule has 0 bridgehead atoms. The van der Waals surface area contributed by atoms with Crippen molar-refractivity contribution in [2.45, 2.75) is 0 Å². The summed E-state index contributed by atoms with van der Waals surface area (Å²) in [6.07, 6.45) is 0. The quantitative estimate of drug-likeness (QED) is 0.793. The lowest BCUT2D eigenvalue weighted by Gasteiger charge is -2.10. The highest BCUT2D eigenvalue weighted by Gasteiger charge is 2.10. The van der Waals surface area contributed by atoms with Gasteiger partial charge < -0.3 is 9.47 Å². The third kappa shape index (κ3) is 5.23. The summed E-state index contributed by atoms with van der Waals surface area (Å²) in [5.41, 5.74) is 0.521. The predicted molar refractivity (Wildman–Crippen MR) is 90.0 cm³/mol. The first kappa shape index (κ1) is 16.6. The van der Waals surface area contributed by atoms with Gasteiger partial charge in [-0.05, 0) is 48.5 Å². The zero-order chi connectivity index (χ0) is 16.0. The third-order valence-electron chi connectivity index (χ3n) is 2.80. The van der Waals surface area contributed by atoms with Crippen LogP contribution in [0.4, 0.5) is 5.69 Å². The van der Waals surface area contributed by atoms with Gasteiger partial charge in [-0.25, -0.2) is 8.42 Å². The molecule has 2 aromatic carbocycles. The van der Waals surface area contributed by atoms with Crippen LogP contribution < -0.4 is 14.2 Å². The van der Waals surface area contributed by atoms with Crippen LogP contribution in [0.25, 0.3) is 0 Å². The van der Waals surface area contributed by atoms with Gasteiger partial charge in [0.25, 0.3) is 0 Å². The van der Waals surface area contributed by atoms with Gasteiger partial charge in [0.05, 0.1) is 7.11 Å². The molecule has 0 saturated heterocycles. The highest BCUT2D eigenvalue weighted by Crippen LogP contribution is 2.18. The molecule has 0 atom stereocenters. The van der Waals surface area contributed by atoms with E-state index >= 15 is 0 Å². The molecule has 0 radical (unpaired) electrons. The van der Waals surface area contributed by atoms with E-state index in [-0.39, 0.29) is 12.4 Å². The smallest absolute Gasteiger partial charge is 0.236 e. The second-order valence-electron chi connectivity index (χ2n) is 4.45. The van der Waals surface area contributed by atoms with Crippen molar-refractivity contribution in [2.75, 3.05) is 24.2 Å². The van der Waals surface area contributed by atoms with Gasteiger partial charge in [-0.1, -0.05) is 15.9 Å². The molecule has 0 heterocycles. The van der Waals surface area contributed by atoms with E-state index in [0.29, 0.717) is 11.4 Å². The topological polar surface area (TPSA) is 64.6 Å². The largest absolute Gasteiger partial charge is 0.497 e. The summed E-state index contributed by atoms with van der Waals surface area (Å²) in [6.45, 7) is 0.0676. The Bertz CT molecular complexity index is 699. The molecule has 2 aromatic rings. The third-order valence-corrected chi connectivity index (χ3v) is 4.58. The van der Waals surface area contributed by atoms with Crippen LogP contribution in [-0.2, 0) is 10.0 Å². The summed E-state index contributed by atoms with van der Waals surface area (Å²) in [7, 11) is -1.87. The van der Waals surface area contributed by atoms with Gasteiger partial charge in [0.2, 0.25) is 10.0 Å². The number of benzene rings is 2. The van der Waals surface area contributed by atoms with Crippen LogP contribution in [0.5, 0.6) is 11.5 Å². The Morgan fingerprint density at radius 2 is 1.59 bits per heavy atom. The highest BCUT2D eigenvalue weighted by molar-refractivity contribution is 9.10. The van der Waals surface area contributed by atoms with Crippen LogP contribution in [0.15, 0.2) is 53.0 Å². The minimum atomic E-state index is -3.45. The van der Waals surface area contributed by atoms with E-state index in [4.69, 9.17) is 9.47 Å². The molecule has 118 valence electrons. The van der Waals surface area contributed by atoms with Crippen LogP contribution in [0, 0.1) is 0 Å². The first-order valence-corrected chi connectivity index (χ1v) is 8.96. The first-order valence-electron chi connectivity index (χ1n) is 6.51. The Hall–Kier alpha value is -1.73. The van der Waals surface area contributed by atoms with Gasteiger partial charge in [-0.2, -0.15) is 0 Å². The van der Waals surface area contributed by atoms with Gasteiger partial charge in [-0.3, -0.25) is 4.72 Å². The molecule has 2 rings (SSSR count). The maximum atomic E-state index is 12.0. The molecule has 0 aliphatic carbocycles. The fraction of sp³-hybridized carbons (Fsp3) is 0.200. The van der Waals surface area contributed by atoms with Crippen molar-refractivity contribution in [1.29, 1.82) is 0 Å². The van der Waals surface area contributed by atoms with Crippen LogP contribution in [-0.4, -0.2) is 27.9 Å². The van der Waals surface area contributed by atoms with Gasteiger partial charge in [0, 0.05) is 10.2 Å². The molecular weight excluding hydrogens is 370 g/mol. The predicted octanol–water partition coefficient (Wildman–Crippen LogP) is 3.28. The van der Waals surface area contributed by atoms with Crippen molar-refractivity contribution in [1.82, 2.24) is 0 Å². The summed E-state index contributed by atoms with van der Waals surface area (Å²) in [5.74, 6) is 1.19. The second kappa shape index (κ2) is 7.51. The van der Waals surface area contributed by atoms with Gasteiger partial charge >= 0.3 is 0 Å². The number of rotatable bonds is 7. The van der Waals surface area contributed by atoms with Crippen molar-refractivity contribution < 1.29 is 17.9 Å². The normalized spacial score (nSPS) is 11.0. The number of methoxy groups -OCH3 is 1. The zero-order valence-electron chi connectivity index (χ0n) is 12.0. The molecule has 0 spiro atoms. The van der Waals surface area contributed by atoms with Crippen LogP contribution in [0.1, 0.15) is 0 Å². The molecule has 0 fully saturated rings. The molecule has 7 heteroatoms. The monoisotopic (exact) mass is 385 g/mol. The average molecular weight is 386 g/mol. The van der Waals surface area contributed by atoms with Crippen LogP contribution in [0.3, 0.4) is 0 Å². The summed E-state index contributed by atoms with van der Waals surface area (Å²) in [6, 6.07) is 13.9. The Kier molecular flexibility index (Phi) is 5.68. The molecule has 0 aliphatic rings. The van der Waals surface area contributed by atoms with E-state index in [2.05, 4.69) is 20.7 Å². The van der Waals surface area contributed by atoms with Crippen molar-refractivity contribution in [3.63, 3.8) is 0 Å². The van der Waals surface area contributed by atoms with Crippen molar-refractivity contribution in [3.8, 4) is 11.5 Å². The lowest BCUT2D eigenvalue weighted by atomic mass is 10.3. The number of nitrogens with one attached hydrogen (secondary N) is 1. The van der Waals surface area contributed by atoms with E-state index in [0.717, 1.165) is 10.2 Å². The zero-order valence-corrected chi connectivity index (χ0v) is 14.4. The van der Waals surface area contributed by atoms with Crippen molar-refractivity contribution in [2.24, 2.45) is 0 Å². The SMILES string of the molecule is COc1ccc(OCCS(=O)(=O)Nc2ccc(Br)cc2)cc1. The van der Waals surface area contributed by atoms with Crippen LogP contribution >= 0.6 is 15.9 Å². The number of hydrogen-bond acceptors (Lipinski definition) is 4. The number of halogens is 1. The highest BCUT2D eigenvalue weighted by atomic mass is 79.9. The van der Waals surface area contributed by atoms with E-state index in [1.807, 2.05) is 0 Å².